The van der Waals surface area contributed by atoms with E-state index in [9.17, 15) is 24.0 Å². The molecule has 1 aliphatic heterocycles. The Morgan fingerprint density at radius 3 is 1.97 bits per heavy atom. The molecule has 0 aromatic heterocycles. The molecule has 0 aliphatic carbocycles. The molecule has 0 radical (unpaired) electrons. The monoisotopic (exact) mass is 449 g/mol. The second-order valence-electron chi connectivity index (χ2n) is 6.19. The Labute approximate surface area is 177 Å². The van der Waals surface area contributed by atoms with Gasteiger partial charge in [-0.1, -0.05) is 6.08 Å². The SMILES string of the molecule is CC(=O)OC[C@H]1O[C@H](OC(C)=O)[C@H](NC(=O)/C=C/CCl)[C@@H](OC(C)=O)[C@@H]1OC(C)=O. The van der Waals surface area contributed by atoms with Crippen LogP contribution in [-0.4, -0.2) is 72.9 Å². The fourth-order valence-electron chi connectivity index (χ4n) is 2.68. The molecule has 12 heteroatoms. The van der Waals surface area contributed by atoms with Crippen LogP contribution in [0.4, 0.5) is 0 Å². The van der Waals surface area contributed by atoms with Crippen molar-refractivity contribution >= 4 is 41.4 Å². The summed E-state index contributed by atoms with van der Waals surface area (Å²) in [6.45, 7) is 4.09. The lowest BCUT2D eigenvalue weighted by Gasteiger charge is -2.44. The van der Waals surface area contributed by atoms with Crippen LogP contribution in [0, 0.1) is 0 Å². The van der Waals surface area contributed by atoms with Crippen molar-refractivity contribution in [2.24, 2.45) is 0 Å². The van der Waals surface area contributed by atoms with Crippen LogP contribution in [-0.2, 0) is 47.7 Å². The molecule has 0 aromatic rings. The number of alkyl halides is 1. The molecule has 1 heterocycles. The number of carbonyl (C=O) groups is 5. The second-order valence-corrected chi connectivity index (χ2v) is 6.50. The topological polar surface area (TPSA) is 144 Å². The molecule has 1 rings (SSSR count). The van der Waals surface area contributed by atoms with Crippen molar-refractivity contribution in [3.8, 4) is 0 Å². The number of ether oxygens (including phenoxy) is 5. The first-order valence-corrected chi connectivity index (χ1v) is 9.42. The number of hydrogen-bond acceptors (Lipinski definition) is 10. The minimum Gasteiger partial charge on any atom is -0.463 e. The van der Waals surface area contributed by atoms with Gasteiger partial charge in [-0.05, 0) is 0 Å². The van der Waals surface area contributed by atoms with Gasteiger partial charge >= 0.3 is 23.9 Å². The van der Waals surface area contributed by atoms with E-state index in [2.05, 4.69) is 5.32 Å². The van der Waals surface area contributed by atoms with E-state index in [0.29, 0.717) is 0 Å². The predicted octanol–water partition coefficient (Wildman–Crippen LogP) is -0.0193. The lowest BCUT2D eigenvalue weighted by Crippen LogP contribution is -2.66. The van der Waals surface area contributed by atoms with Crippen molar-refractivity contribution in [3.05, 3.63) is 12.2 Å². The Kier molecular flexibility index (Phi) is 10.3. The van der Waals surface area contributed by atoms with Gasteiger partial charge in [0.25, 0.3) is 0 Å². The number of allylic oxidation sites excluding steroid dienone is 1. The van der Waals surface area contributed by atoms with E-state index >= 15 is 0 Å². The molecule has 168 valence electrons. The molecular formula is C18H24ClNO10. The third-order valence-corrected chi connectivity index (χ3v) is 3.83. The summed E-state index contributed by atoms with van der Waals surface area (Å²) in [5.41, 5.74) is 0. The van der Waals surface area contributed by atoms with Crippen LogP contribution in [0.15, 0.2) is 12.2 Å². The van der Waals surface area contributed by atoms with Crippen molar-refractivity contribution in [1.29, 1.82) is 0 Å². The normalized spacial score (nSPS) is 25.8. The van der Waals surface area contributed by atoms with Gasteiger partial charge in [-0.15, -0.1) is 11.6 Å². The van der Waals surface area contributed by atoms with Crippen molar-refractivity contribution in [1.82, 2.24) is 5.32 Å². The zero-order chi connectivity index (χ0) is 22.8. The minimum atomic E-state index is -1.44. The molecule has 30 heavy (non-hydrogen) atoms. The van der Waals surface area contributed by atoms with Gasteiger partial charge in [0.15, 0.2) is 12.2 Å². The first-order chi connectivity index (χ1) is 14.0. The van der Waals surface area contributed by atoms with E-state index < -0.39 is 67.0 Å². The molecule has 0 bridgehead atoms. The average Bonchev–Trinajstić information content (AvgIpc) is 2.62. The van der Waals surface area contributed by atoms with E-state index in [-0.39, 0.29) is 5.88 Å². The maximum absolute atomic E-state index is 12.2. The standard InChI is InChI=1S/C18H24ClNO10/c1-9(21)26-8-13-16(27-10(2)22)17(28-11(3)23)15(18(30-13)29-12(4)24)20-14(25)6-5-7-19/h5-6,13,15-18H,7-8H2,1-4H3,(H,20,25)/b6-5+/t13-,15-,16-,17-,18+/m1/s1. The molecule has 1 fully saturated rings. The van der Waals surface area contributed by atoms with E-state index in [0.717, 1.165) is 33.8 Å². The largest absolute Gasteiger partial charge is 0.463 e. The molecule has 0 aromatic carbocycles. The Morgan fingerprint density at radius 1 is 0.900 bits per heavy atom. The summed E-state index contributed by atoms with van der Waals surface area (Å²) >= 11 is 5.51. The maximum atomic E-state index is 12.2. The van der Waals surface area contributed by atoms with Crippen LogP contribution in [0.3, 0.4) is 0 Å². The molecule has 11 nitrogen and oxygen atoms in total. The highest BCUT2D eigenvalue weighted by atomic mass is 35.5. The molecule has 0 unspecified atom stereocenters. The molecule has 1 aliphatic rings. The van der Waals surface area contributed by atoms with Crippen molar-refractivity contribution in [3.63, 3.8) is 0 Å². The number of halogens is 1. The van der Waals surface area contributed by atoms with E-state index in [1.165, 1.54) is 6.08 Å². The fraction of sp³-hybridized carbons (Fsp3) is 0.611. The van der Waals surface area contributed by atoms with Crippen molar-refractivity contribution in [2.75, 3.05) is 12.5 Å². The van der Waals surface area contributed by atoms with E-state index in [1.54, 1.807) is 0 Å². The second kappa shape index (κ2) is 12.1. The smallest absolute Gasteiger partial charge is 0.305 e. The molecular weight excluding hydrogens is 426 g/mol. The van der Waals surface area contributed by atoms with Crippen molar-refractivity contribution < 1.29 is 47.7 Å². The van der Waals surface area contributed by atoms with Gasteiger partial charge < -0.3 is 29.0 Å². The van der Waals surface area contributed by atoms with Crippen molar-refractivity contribution in [2.45, 2.75) is 58.3 Å². The molecule has 0 spiro atoms. The summed E-state index contributed by atoms with van der Waals surface area (Å²) in [6, 6.07) is -1.25. The Morgan fingerprint density at radius 2 is 1.47 bits per heavy atom. The lowest BCUT2D eigenvalue weighted by molar-refractivity contribution is -0.270. The van der Waals surface area contributed by atoms with Gasteiger partial charge in [0.1, 0.15) is 18.8 Å². The molecule has 1 saturated heterocycles. The first kappa shape index (κ1) is 25.4. The van der Waals surface area contributed by atoms with Gasteiger partial charge in [-0.25, -0.2) is 0 Å². The molecule has 1 amide bonds. The third kappa shape index (κ3) is 8.37. The highest BCUT2D eigenvalue weighted by molar-refractivity contribution is 6.19. The summed E-state index contributed by atoms with van der Waals surface area (Å²) in [6.07, 6.45) is -2.71. The van der Waals surface area contributed by atoms with Crippen LogP contribution in [0.1, 0.15) is 27.7 Å². The zero-order valence-electron chi connectivity index (χ0n) is 16.9. The predicted molar refractivity (Wildman–Crippen MR) is 100.0 cm³/mol. The van der Waals surface area contributed by atoms with Gasteiger partial charge in [0, 0.05) is 39.7 Å². The Hall–Kier alpha value is -2.66. The third-order valence-electron chi connectivity index (χ3n) is 3.65. The van der Waals surface area contributed by atoms with Gasteiger partial charge in [0.2, 0.25) is 12.2 Å². The summed E-state index contributed by atoms with van der Waals surface area (Å²) in [7, 11) is 0. The lowest BCUT2D eigenvalue weighted by atomic mass is 9.96. The zero-order valence-corrected chi connectivity index (χ0v) is 17.7. The number of nitrogens with one attached hydrogen (secondary N) is 1. The average molecular weight is 450 g/mol. The van der Waals surface area contributed by atoms with Crippen LogP contribution in [0.2, 0.25) is 0 Å². The molecule has 5 atom stereocenters. The first-order valence-electron chi connectivity index (χ1n) is 8.88. The quantitative estimate of drug-likeness (QED) is 0.232. The number of rotatable bonds is 8. The highest BCUT2D eigenvalue weighted by Gasteiger charge is 2.52. The summed E-state index contributed by atoms with van der Waals surface area (Å²) < 4.78 is 26.2. The summed E-state index contributed by atoms with van der Waals surface area (Å²) in [5.74, 6) is -3.49. The number of esters is 4. The Bertz CT molecular complexity index is 694. The van der Waals surface area contributed by atoms with Crippen LogP contribution in [0.5, 0.6) is 0 Å². The summed E-state index contributed by atoms with van der Waals surface area (Å²) in [4.78, 5) is 58.3. The van der Waals surface area contributed by atoms with Crippen LogP contribution >= 0.6 is 11.6 Å². The van der Waals surface area contributed by atoms with Gasteiger partial charge in [0.05, 0.1) is 0 Å². The van der Waals surface area contributed by atoms with Gasteiger partial charge in [-0.2, -0.15) is 0 Å². The fourth-order valence-corrected chi connectivity index (χ4v) is 2.77. The van der Waals surface area contributed by atoms with Crippen LogP contribution < -0.4 is 5.32 Å². The Balaban J connectivity index is 3.33. The maximum Gasteiger partial charge on any atom is 0.305 e. The molecule has 0 saturated carbocycles. The summed E-state index contributed by atoms with van der Waals surface area (Å²) in [5, 5.41) is 2.49. The highest BCUT2D eigenvalue weighted by Crippen LogP contribution is 2.28. The number of hydrogen-bond donors (Lipinski definition) is 1. The molecule has 1 N–H and O–H groups in total. The van der Waals surface area contributed by atoms with Gasteiger partial charge in [-0.3, -0.25) is 24.0 Å². The van der Waals surface area contributed by atoms with E-state index in [1.807, 2.05) is 0 Å². The van der Waals surface area contributed by atoms with E-state index in [4.69, 9.17) is 35.3 Å². The minimum absolute atomic E-state index is 0.0653. The van der Waals surface area contributed by atoms with Crippen LogP contribution in [0.25, 0.3) is 0 Å². The number of carbonyl (C=O) groups excluding carboxylic acids is 5. The number of amides is 1.